The third kappa shape index (κ3) is 2.70. The summed E-state index contributed by atoms with van der Waals surface area (Å²) in [4.78, 5) is 12.3. The molecule has 0 saturated heterocycles. The minimum absolute atomic E-state index is 0.0719. The smallest absolute Gasteiger partial charge is 0.268 e. The molecule has 0 saturated carbocycles. The Morgan fingerprint density at radius 1 is 1.43 bits per heavy atom. The topological polar surface area (TPSA) is 43.3 Å². The van der Waals surface area contributed by atoms with Crippen LogP contribution in [0.2, 0.25) is 0 Å². The van der Waals surface area contributed by atoms with Crippen LogP contribution in [0.5, 0.6) is 5.75 Å². The molecule has 5 heteroatoms. The Labute approximate surface area is 132 Å². The number of carbonyl (C=O) groups is 1. The van der Waals surface area contributed by atoms with Gasteiger partial charge in [0.2, 0.25) is 0 Å². The molecule has 0 unspecified atom stereocenters. The molecular weight excluding hydrogens is 332 g/mol. The van der Waals surface area contributed by atoms with Crippen LogP contribution in [0, 0.1) is 6.92 Å². The minimum atomic E-state index is -0.0719. The third-order valence-corrected chi connectivity index (χ3v) is 4.33. The zero-order chi connectivity index (χ0) is 15.0. The number of fused-ring (bicyclic) bond motifs is 1. The molecule has 2 heterocycles. The van der Waals surface area contributed by atoms with Crippen LogP contribution in [-0.2, 0) is 20.0 Å². The number of hydrogen-bond donors (Lipinski definition) is 1. The van der Waals surface area contributed by atoms with Crippen molar-refractivity contribution in [3.05, 3.63) is 51.3 Å². The summed E-state index contributed by atoms with van der Waals surface area (Å²) in [7, 11) is 1.89. The zero-order valence-electron chi connectivity index (χ0n) is 12.1. The summed E-state index contributed by atoms with van der Waals surface area (Å²) in [6.07, 6.45) is 0.923. The maximum absolute atomic E-state index is 12.3. The number of hydrogen-bond acceptors (Lipinski definition) is 2. The molecule has 1 aromatic heterocycles. The second-order valence-corrected chi connectivity index (χ2v) is 6.17. The van der Waals surface area contributed by atoms with E-state index in [9.17, 15) is 4.79 Å². The maximum atomic E-state index is 12.3. The lowest BCUT2D eigenvalue weighted by molar-refractivity contribution is 0.0942. The molecule has 1 N–H and O–H groups in total. The third-order valence-electron chi connectivity index (χ3n) is 3.87. The van der Waals surface area contributed by atoms with Crippen molar-refractivity contribution in [2.75, 3.05) is 6.61 Å². The fourth-order valence-corrected chi connectivity index (χ4v) is 3.14. The highest BCUT2D eigenvalue weighted by Gasteiger charge is 2.18. The van der Waals surface area contributed by atoms with E-state index in [4.69, 9.17) is 4.74 Å². The Morgan fingerprint density at radius 3 is 2.95 bits per heavy atom. The number of rotatable bonds is 3. The number of halogens is 1. The molecule has 0 fully saturated rings. The molecule has 0 spiro atoms. The van der Waals surface area contributed by atoms with Crippen LogP contribution in [0.1, 0.15) is 27.3 Å². The number of aromatic nitrogens is 1. The highest BCUT2D eigenvalue weighted by molar-refractivity contribution is 9.10. The second-order valence-electron chi connectivity index (χ2n) is 5.25. The summed E-state index contributed by atoms with van der Waals surface area (Å²) in [5.41, 5.74) is 3.94. The Balaban J connectivity index is 1.77. The number of nitrogens with zero attached hydrogens (tertiary/aromatic N) is 1. The van der Waals surface area contributed by atoms with Gasteiger partial charge < -0.3 is 14.6 Å². The zero-order valence-corrected chi connectivity index (χ0v) is 13.7. The average Bonchev–Trinajstić information content (AvgIpc) is 3.04. The summed E-state index contributed by atoms with van der Waals surface area (Å²) in [6, 6.07) is 7.86. The lowest BCUT2D eigenvalue weighted by Crippen LogP contribution is -2.25. The van der Waals surface area contributed by atoms with Gasteiger partial charge >= 0.3 is 0 Å². The molecule has 4 nitrogen and oxygen atoms in total. The first-order valence-corrected chi connectivity index (χ1v) is 7.70. The summed E-state index contributed by atoms with van der Waals surface area (Å²) in [5, 5.41) is 2.97. The molecule has 110 valence electrons. The van der Waals surface area contributed by atoms with E-state index < -0.39 is 0 Å². The molecule has 1 amide bonds. The molecule has 2 aromatic rings. The van der Waals surface area contributed by atoms with Gasteiger partial charge in [-0.05, 0) is 36.8 Å². The van der Waals surface area contributed by atoms with Crippen LogP contribution in [0.25, 0.3) is 0 Å². The summed E-state index contributed by atoms with van der Waals surface area (Å²) >= 11 is 3.51. The fourth-order valence-electron chi connectivity index (χ4n) is 2.58. The van der Waals surface area contributed by atoms with E-state index in [0.29, 0.717) is 18.8 Å². The largest absolute Gasteiger partial charge is 0.493 e. The quantitative estimate of drug-likeness (QED) is 0.926. The molecular formula is C16H17BrN2O2. The number of amides is 1. The molecule has 0 aliphatic carbocycles. The SMILES string of the molecule is Cc1ccc(C(=O)NCc2cc(Br)cc3c2OCC3)n1C. The van der Waals surface area contributed by atoms with Crippen molar-refractivity contribution in [3.63, 3.8) is 0 Å². The van der Waals surface area contributed by atoms with Crippen LogP contribution < -0.4 is 10.1 Å². The summed E-state index contributed by atoms with van der Waals surface area (Å²) in [6.45, 7) is 3.15. The predicted molar refractivity (Wildman–Crippen MR) is 84.7 cm³/mol. The van der Waals surface area contributed by atoms with Gasteiger partial charge in [-0.3, -0.25) is 4.79 Å². The number of benzene rings is 1. The molecule has 21 heavy (non-hydrogen) atoms. The van der Waals surface area contributed by atoms with Gasteiger partial charge in [0, 0.05) is 35.7 Å². The Hall–Kier alpha value is -1.75. The Morgan fingerprint density at radius 2 is 2.24 bits per heavy atom. The van der Waals surface area contributed by atoms with E-state index in [1.165, 1.54) is 5.56 Å². The van der Waals surface area contributed by atoms with Crippen molar-refractivity contribution in [1.29, 1.82) is 0 Å². The monoisotopic (exact) mass is 348 g/mol. The lowest BCUT2D eigenvalue weighted by Gasteiger charge is -2.11. The van der Waals surface area contributed by atoms with Gasteiger partial charge in [-0.2, -0.15) is 0 Å². The minimum Gasteiger partial charge on any atom is -0.493 e. The summed E-state index contributed by atoms with van der Waals surface area (Å²) in [5.74, 6) is 0.846. The Kier molecular flexibility index (Phi) is 3.76. The van der Waals surface area contributed by atoms with Gasteiger partial charge in [-0.1, -0.05) is 15.9 Å². The van der Waals surface area contributed by atoms with E-state index in [1.54, 1.807) is 0 Å². The molecule has 1 aromatic carbocycles. The first kappa shape index (κ1) is 14.2. The molecule has 0 atom stereocenters. The average molecular weight is 349 g/mol. The van der Waals surface area contributed by atoms with Crippen LogP contribution in [0.15, 0.2) is 28.7 Å². The fraction of sp³-hybridized carbons (Fsp3) is 0.312. The van der Waals surface area contributed by atoms with Gasteiger partial charge in [0.25, 0.3) is 5.91 Å². The van der Waals surface area contributed by atoms with E-state index in [2.05, 4.69) is 27.3 Å². The number of nitrogens with one attached hydrogen (secondary N) is 1. The first-order valence-electron chi connectivity index (χ1n) is 6.91. The molecule has 0 radical (unpaired) electrons. The maximum Gasteiger partial charge on any atom is 0.268 e. The van der Waals surface area contributed by atoms with Crippen molar-refractivity contribution in [2.45, 2.75) is 19.9 Å². The van der Waals surface area contributed by atoms with Crippen molar-refractivity contribution in [2.24, 2.45) is 7.05 Å². The molecule has 1 aliphatic heterocycles. The number of ether oxygens (including phenoxy) is 1. The Bertz CT molecular complexity index is 707. The first-order chi connectivity index (χ1) is 10.1. The van der Waals surface area contributed by atoms with E-state index in [0.717, 1.165) is 27.9 Å². The van der Waals surface area contributed by atoms with Crippen molar-refractivity contribution in [3.8, 4) is 5.75 Å². The number of aryl methyl sites for hydroxylation is 1. The van der Waals surface area contributed by atoms with Crippen molar-refractivity contribution < 1.29 is 9.53 Å². The highest BCUT2D eigenvalue weighted by atomic mass is 79.9. The van der Waals surface area contributed by atoms with E-state index >= 15 is 0 Å². The van der Waals surface area contributed by atoms with Crippen LogP contribution >= 0.6 is 15.9 Å². The second kappa shape index (κ2) is 5.56. The molecule has 3 rings (SSSR count). The molecule has 0 bridgehead atoms. The standard InChI is InChI=1S/C16H17BrN2O2/c1-10-3-4-14(19(10)2)16(20)18-9-12-8-13(17)7-11-5-6-21-15(11)12/h3-4,7-8H,5-6,9H2,1-2H3,(H,18,20). The van der Waals surface area contributed by atoms with Gasteiger partial charge in [0.05, 0.1) is 6.61 Å². The summed E-state index contributed by atoms with van der Waals surface area (Å²) < 4.78 is 8.58. The van der Waals surface area contributed by atoms with E-state index in [1.807, 2.05) is 36.7 Å². The van der Waals surface area contributed by atoms with Gasteiger partial charge in [0.1, 0.15) is 11.4 Å². The van der Waals surface area contributed by atoms with Gasteiger partial charge in [-0.15, -0.1) is 0 Å². The van der Waals surface area contributed by atoms with Crippen molar-refractivity contribution >= 4 is 21.8 Å². The normalized spacial score (nSPS) is 12.9. The predicted octanol–water partition coefficient (Wildman–Crippen LogP) is 2.96. The van der Waals surface area contributed by atoms with Gasteiger partial charge in [0.15, 0.2) is 0 Å². The van der Waals surface area contributed by atoms with E-state index in [-0.39, 0.29) is 5.91 Å². The molecule has 1 aliphatic rings. The van der Waals surface area contributed by atoms with Crippen LogP contribution in [0.3, 0.4) is 0 Å². The van der Waals surface area contributed by atoms with Crippen molar-refractivity contribution in [1.82, 2.24) is 9.88 Å². The lowest BCUT2D eigenvalue weighted by atomic mass is 10.1. The van der Waals surface area contributed by atoms with Crippen LogP contribution in [0.4, 0.5) is 0 Å². The van der Waals surface area contributed by atoms with Gasteiger partial charge in [-0.25, -0.2) is 0 Å². The highest BCUT2D eigenvalue weighted by Crippen LogP contribution is 2.32. The number of carbonyl (C=O) groups excluding carboxylic acids is 1. The van der Waals surface area contributed by atoms with Crippen LogP contribution in [-0.4, -0.2) is 17.1 Å².